The molecule has 0 saturated carbocycles. The lowest BCUT2D eigenvalue weighted by Crippen LogP contribution is -2.17. The van der Waals surface area contributed by atoms with Gasteiger partial charge in [-0.2, -0.15) is 0 Å². The minimum Gasteiger partial charge on any atom is -0.465 e. The molecule has 20 heavy (non-hydrogen) atoms. The molecule has 0 bridgehead atoms. The van der Waals surface area contributed by atoms with Gasteiger partial charge in [0.05, 0.1) is 19.9 Å². The fourth-order valence-electron chi connectivity index (χ4n) is 1.24. The summed E-state index contributed by atoms with van der Waals surface area (Å²) in [5.41, 5.74) is 0.645. The van der Waals surface area contributed by atoms with E-state index in [1.165, 1.54) is 31.8 Å². The van der Waals surface area contributed by atoms with Crippen LogP contribution in [0.25, 0.3) is 0 Å². The van der Waals surface area contributed by atoms with Gasteiger partial charge in [-0.05, 0) is 0 Å². The minimum absolute atomic E-state index is 0.0618. The van der Waals surface area contributed by atoms with E-state index in [1.807, 2.05) is 5.38 Å². The highest BCUT2D eigenvalue weighted by Crippen LogP contribution is 2.26. The number of anilines is 1. The molecule has 0 aliphatic rings. The van der Waals surface area contributed by atoms with Crippen LogP contribution in [0.5, 0.6) is 0 Å². The zero-order valence-electron chi connectivity index (χ0n) is 12.1. The van der Waals surface area contributed by atoms with Crippen LogP contribution in [0.1, 0.15) is 26.5 Å². The lowest BCUT2D eigenvalue weighted by molar-refractivity contribution is -0.144. The Labute approximate surface area is 121 Å². The molecule has 1 N–H and O–H groups in total. The molecule has 1 rings (SSSR count). The van der Waals surface area contributed by atoms with Crippen molar-refractivity contribution in [2.75, 3.05) is 19.5 Å². The number of aromatic nitrogens is 1. The number of esters is 2. The van der Waals surface area contributed by atoms with Gasteiger partial charge in [0.2, 0.25) is 0 Å². The van der Waals surface area contributed by atoms with Crippen LogP contribution in [-0.2, 0) is 24.5 Å². The Morgan fingerprint density at radius 1 is 1.25 bits per heavy atom. The summed E-state index contributed by atoms with van der Waals surface area (Å²) < 4.78 is 9.04. The quantitative estimate of drug-likeness (QED) is 0.397. The van der Waals surface area contributed by atoms with E-state index < -0.39 is 11.9 Å². The van der Waals surface area contributed by atoms with Crippen molar-refractivity contribution in [3.8, 4) is 0 Å². The van der Waals surface area contributed by atoms with Gasteiger partial charge in [0.15, 0.2) is 10.7 Å². The molecular formula is C13H18N2O4S. The lowest BCUT2D eigenvalue weighted by atomic mass is 9.93. The third kappa shape index (κ3) is 4.06. The third-order valence-corrected chi connectivity index (χ3v) is 3.20. The highest BCUT2D eigenvalue weighted by molar-refractivity contribution is 7.13. The molecule has 7 heteroatoms. The molecule has 1 heterocycles. The molecule has 0 fully saturated rings. The van der Waals surface area contributed by atoms with E-state index in [-0.39, 0.29) is 11.0 Å². The van der Waals surface area contributed by atoms with Crippen LogP contribution in [0, 0.1) is 0 Å². The van der Waals surface area contributed by atoms with E-state index in [0.29, 0.717) is 5.13 Å². The van der Waals surface area contributed by atoms with Gasteiger partial charge in [-0.15, -0.1) is 11.3 Å². The second kappa shape index (κ2) is 6.51. The molecule has 0 aliphatic carbocycles. The van der Waals surface area contributed by atoms with E-state index in [0.717, 1.165) is 5.69 Å². The number of rotatable bonds is 4. The van der Waals surface area contributed by atoms with Gasteiger partial charge in [-0.25, -0.2) is 14.6 Å². The lowest BCUT2D eigenvalue weighted by Gasteiger charge is -2.14. The molecule has 0 amide bonds. The maximum atomic E-state index is 11.4. The average Bonchev–Trinajstić information content (AvgIpc) is 2.86. The predicted molar refractivity (Wildman–Crippen MR) is 76.6 cm³/mol. The number of ether oxygens (including phenoxy) is 2. The average molecular weight is 298 g/mol. The van der Waals surface area contributed by atoms with Gasteiger partial charge in [-0.1, -0.05) is 20.8 Å². The minimum atomic E-state index is -0.767. The molecule has 0 aliphatic heterocycles. The third-order valence-electron chi connectivity index (χ3n) is 2.42. The molecule has 0 radical (unpaired) electrons. The number of carbonyl (C=O) groups is 2. The Balaban J connectivity index is 2.90. The van der Waals surface area contributed by atoms with Crippen molar-refractivity contribution in [3.63, 3.8) is 0 Å². The standard InChI is InChI=1S/C13H18N2O4S/c1-13(2,3)9-7-20-12(15-9)14-6-8(10(16)18-4)11(17)19-5/h6-7H,1-5H3,(H,14,15). The van der Waals surface area contributed by atoms with Gasteiger partial charge in [-0.3, -0.25) is 0 Å². The second-order valence-corrected chi connectivity index (χ2v) is 5.83. The molecule has 0 saturated heterocycles. The van der Waals surface area contributed by atoms with Crippen molar-refractivity contribution < 1.29 is 19.1 Å². The zero-order valence-corrected chi connectivity index (χ0v) is 13.0. The molecule has 0 unspecified atom stereocenters. The molecule has 1 aromatic heterocycles. The fourth-order valence-corrected chi connectivity index (χ4v) is 2.15. The summed E-state index contributed by atoms with van der Waals surface area (Å²) in [6.07, 6.45) is 1.24. The molecule has 6 nitrogen and oxygen atoms in total. The summed E-state index contributed by atoms with van der Waals surface area (Å²) in [4.78, 5) is 27.3. The normalized spacial score (nSPS) is 10.7. The zero-order chi connectivity index (χ0) is 15.3. The number of methoxy groups -OCH3 is 2. The first-order valence-corrected chi connectivity index (χ1v) is 6.77. The van der Waals surface area contributed by atoms with Crippen LogP contribution >= 0.6 is 11.3 Å². The number of nitrogens with zero attached hydrogens (tertiary/aromatic N) is 1. The fraction of sp³-hybridized carbons (Fsp3) is 0.462. The molecule has 110 valence electrons. The smallest absolute Gasteiger partial charge is 0.346 e. The Bertz CT molecular complexity index is 511. The van der Waals surface area contributed by atoms with Gasteiger partial charge in [0, 0.05) is 17.0 Å². The Hall–Kier alpha value is -1.89. The Morgan fingerprint density at radius 3 is 2.20 bits per heavy atom. The highest BCUT2D eigenvalue weighted by Gasteiger charge is 2.20. The number of hydrogen-bond donors (Lipinski definition) is 1. The number of thiazole rings is 1. The summed E-state index contributed by atoms with van der Waals surface area (Å²) in [5.74, 6) is -1.53. The van der Waals surface area contributed by atoms with Crippen molar-refractivity contribution in [2.24, 2.45) is 0 Å². The summed E-state index contributed by atoms with van der Waals surface area (Å²) >= 11 is 1.39. The van der Waals surface area contributed by atoms with Gasteiger partial charge >= 0.3 is 11.9 Å². The van der Waals surface area contributed by atoms with E-state index >= 15 is 0 Å². The van der Waals surface area contributed by atoms with Crippen molar-refractivity contribution >= 4 is 28.4 Å². The second-order valence-electron chi connectivity index (χ2n) is 4.97. The molecule has 1 aromatic rings. The maximum Gasteiger partial charge on any atom is 0.346 e. The molecule has 0 aromatic carbocycles. The van der Waals surface area contributed by atoms with Crippen molar-refractivity contribution in [1.82, 2.24) is 4.98 Å². The van der Waals surface area contributed by atoms with Gasteiger partial charge < -0.3 is 14.8 Å². The Morgan fingerprint density at radius 2 is 1.80 bits per heavy atom. The summed E-state index contributed by atoms with van der Waals surface area (Å²) in [5, 5.41) is 5.32. The largest absolute Gasteiger partial charge is 0.465 e. The van der Waals surface area contributed by atoms with Crippen LogP contribution in [-0.4, -0.2) is 31.1 Å². The van der Waals surface area contributed by atoms with E-state index in [4.69, 9.17) is 0 Å². The first-order chi connectivity index (χ1) is 9.29. The van der Waals surface area contributed by atoms with E-state index in [9.17, 15) is 9.59 Å². The highest BCUT2D eigenvalue weighted by atomic mass is 32.1. The van der Waals surface area contributed by atoms with Crippen molar-refractivity contribution in [3.05, 3.63) is 22.8 Å². The van der Waals surface area contributed by atoms with Crippen LogP contribution in [0.3, 0.4) is 0 Å². The van der Waals surface area contributed by atoms with Gasteiger partial charge in [0.1, 0.15) is 0 Å². The van der Waals surface area contributed by atoms with Gasteiger partial charge in [0.25, 0.3) is 0 Å². The van der Waals surface area contributed by atoms with E-state index in [2.05, 4.69) is 40.5 Å². The predicted octanol–water partition coefficient (Wildman–Crippen LogP) is 2.08. The first-order valence-electron chi connectivity index (χ1n) is 5.89. The summed E-state index contributed by atoms with van der Waals surface area (Å²) in [6, 6.07) is 0. The number of carbonyl (C=O) groups excluding carboxylic acids is 2. The maximum absolute atomic E-state index is 11.4. The van der Waals surface area contributed by atoms with Crippen molar-refractivity contribution in [1.29, 1.82) is 0 Å². The first kappa shape index (κ1) is 16.2. The van der Waals surface area contributed by atoms with Crippen LogP contribution < -0.4 is 5.32 Å². The number of nitrogens with one attached hydrogen (secondary N) is 1. The molecule has 0 spiro atoms. The summed E-state index contributed by atoms with van der Waals surface area (Å²) in [7, 11) is 2.39. The monoisotopic (exact) mass is 298 g/mol. The molecule has 0 atom stereocenters. The SMILES string of the molecule is COC(=O)C(=CNc1nc(C(C)(C)C)cs1)C(=O)OC. The topological polar surface area (TPSA) is 77.5 Å². The van der Waals surface area contributed by atoms with Crippen LogP contribution in [0.15, 0.2) is 17.2 Å². The summed E-state index contributed by atoms with van der Waals surface area (Å²) in [6.45, 7) is 6.15. The van der Waals surface area contributed by atoms with E-state index in [1.54, 1.807) is 0 Å². The Kier molecular flexibility index (Phi) is 5.26. The van der Waals surface area contributed by atoms with Crippen molar-refractivity contribution in [2.45, 2.75) is 26.2 Å². The van der Waals surface area contributed by atoms with Crippen LogP contribution in [0.2, 0.25) is 0 Å². The van der Waals surface area contributed by atoms with Crippen LogP contribution in [0.4, 0.5) is 5.13 Å². The molecular weight excluding hydrogens is 280 g/mol. The number of hydrogen-bond acceptors (Lipinski definition) is 7.